The lowest BCUT2D eigenvalue weighted by atomic mass is 9.81. The van der Waals surface area contributed by atoms with Crippen LogP contribution in [0.3, 0.4) is 0 Å². The molecule has 2 heterocycles. The van der Waals surface area contributed by atoms with E-state index in [0.717, 1.165) is 35.1 Å². The third kappa shape index (κ3) is 1.56. The van der Waals surface area contributed by atoms with Crippen LogP contribution in [-0.4, -0.2) is 5.11 Å². The Kier molecular flexibility index (Phi) is 2.36. The molecule has 1 aliphatic carbocycles. The van der Waals surface area contributed by atoms with Gasteiger partial charge >= 0.3 is 0 Å². The van der Waals surface area contributed by atoms with E-state index < -0.39 is 5.60 Å². The lowest BCUT2D eigenvalue weighted by molar-refractivity contribution is 0.0383. The van der Waals surface area contributed by atoms with Gasteiger partial charge in [-0.05, 0) is 44.0 Å². The second-order valence-electron chi connectivity index (χ2n) is 5.62. The summed E-state index contributed by atoms with van der Waals surface area (Å²) in [5.74, 6) is 1.48. The first-order valence-corrected chi connectivity index (χ1v) is 6.97. The van der Waals surface area contributed by atoms with Crippen LogP contribution in [0.4, 0.5) is 0 Å². The molecule has 0 bridgehead atoms. The fourth-order valence-corrected chi connectivity index (χ4v) is 3.16. The van der Waals surface area contributed by atoms with E-state index in [9.17, 15) is 5.11 Å². The standard InChI is InChI=1S/C17H16O3/c1-11-4-5-14-12(9-11)10-16(20-14)17(18)7-2-3-15-13(17)6-8-19-15/h4-6,8-10,18H,2-3,7H2,1H3. The topological polar surface area (TPSA) is 46.5 Å². The Balaban J connectivity index is 1.91. The molecule has 1 atom stereocenters. The van der Waals surface area contributed by atoms with Gasteiger partial charge in [0.2, 0.25) is 0 Å². The van der Waals surface area contributed by atoms with Crippen molar-refractivity contribution in [3.05, 3.63) is 59.2 Å². The number of benzene rings is 1. The predicted octanol–water partition coefficient (Wildman–Crippen LogP) is 3.91. The van der Waals surface area contributed by atoms with E-state index in [-0.39, 0.29) is 0 Å². The van der Waals surface area contributed by atoms with Crippen molar-refractivity contribution in [1.82, 2.24) is 0 Å². The highest BCUT2D eigenvalue weighted by Gasteiger charge is 2.40. The van der Waals surface area contributed by atoms with Crippen molar-refractivity contribution in [1.29, 1.82) is 0 Å². The number of aliphatic hydroxyl groups is 1. The Bertz CT molecular complexity index is 780. The third-order valence-corrected chi connectivity index (χ3v) is 4.21. The van der Waals surface area contributed by atoms with Gasteiger partial charge in [-0.2, -0.15) is 0 Å². The summed E-state index contributed by atoms with van der Waals surface area (Å²) >= 11 is 0. The maximum Gasteiger partial charge on any atom is 0.150 e. The molecule has 1 N–H and O–H groups in total. The third-order valence-electron chi connectivity index (χ3n) is 4.21. The second-order valence-corrected chi connectivity index (χ2v) is 5.62. The molecule has 0 spiro atoms. The molecule has 0 radical (unpaired) electrons. The fraction of sp³-hybridized carbons (Fsp3) is 0.294. The van der Waals surface area contributed by atoms with Crippen LogP contribution in [0.15, 0.2) is 45.4 Å². The molecule has 102 valence electrons. The largest absolute Gasteiger partial charge is 0.469 e. The summed E-state index contributed by atoms with van der Waals surface area (Å²) in [7, 11) is 0. The average Bonchev–Trinajstić information content (AvgIpc) is 3.04. The Hall–Kier alpha value is -2.00. The monoisotopic (exact) mass is 268 g/mol. The quantitative estimate of drug-likeness (QED) is 0.728. The van der Waals surface area contributed by atoms with Crippen LogP contribution in [0.1, 0.15) is 35.5 Å². The zero-order chi connectivity index (χ0) is 13.7. The first kappa shape index (κ1) is 11.8. The molecule has 20 heavy (non-hydrogen) atoms. The SMILES string of the molecule is Cc1ccc2oc(C3(O)CCCc4occc43)cc2c1. The average molecular weight is 268 g/mol. The zero-order valence-electron chi connectivity index (χ0n) is 11.3. The molecule has 0 amide bonds. The van der Waals surface area contributed by atoms with Gasteiger partial charge in [-0.25, -0.2) is 0 Å². The van der Waals surface area contributed by atoms with E-state index in [2.05, 4.69) is 13.0 Å². The molecule has 4 rings (SSSR count). The lowest BCUT2D eigenvalue weighted by Gasteiger charge is -2.29. The van der Waals surface area contributed by atoms with Gasteiger partial charge < -0.3 is 13.9 Å². The van der Waals surface area contributed by atoms with E-state index in [1.807, 2.05) is 24.3 Å². The van der Waals surface area contributed by atoms with E-state index in [4.69, 9.17) is 8.83 Å². The summed E-state index contributed by atoms with van der Waals surface area (Å²) in [6.07, 6.45) is 4.09. The molecule has 0 saturated carbocycles. The summed E-state index contributed by atoms with van der Waals surface area (Å²) in [5.41, 5.74) is 1.78. The van der Waals surface area contributed by atoms with Crippen molar-refractivity contribution in [2.45, 2.75) is 31.8 Å². The van der Waals surface area contributed by atoms with Crippen LogP contribution in [0, 0.1) is 6.92 Å². The molecule has 3 heteroatoms. The lowest BCUT2D eigenvalue weighted by Crippen LogP contribution is -2.30. The van der Waals surface area contributed by atoms with E-state index >= 15 is 0 Å². The van der Waals surface area contributed by atoms with Gasteiger partial charge in [-0.1, -0.05) is 11.6 Å². The van der Waals surface area contributed by atoms with Gasteiger partial charge in [0.25, 0.3) is 0 Å². The first-order chi connectivity index (χ1) is 9.67. The maximum absolute atomic E-state index is 11.1. The molecule has 1 aromatic carbocycles. The molecular formula is C17H16O3. The zero-order valence-corrected chi connectivity index (χ0v) is 11.3. The van der Waals surface area contributed by atoms with Gasteiger partial charge in [0.1, 0.15) is 17.1 Å². The van der Waals surface area contributed by atoms with Gasteiger partial charge in [-0.3, -0.25) is 0 Å². The molecule has 1 unspecified atom stereocenters. The fourth-order valence-electron chi connectivity index (χ4n) is 3.16. The van der Waals surface area contributed by atoms with Gasteiger partial charge in [0.15, 0.2) is 5.60 Å². The number of hydrogen-bond acceptors (Lipinski definition) is 3. The molecule has 0 saturated heterocycles. The minimum atomic E-state index is -1.06. The van der Waals surface area contributed by atoms with Gasteiger partial charge in [0, 0.05) is 17.4 Å². The number of aryl methyl sites for hydroxylation is 2. The summed E-state index contributed by atoms with van der Waals surface area (Å²) in [4.78, 5) is 0. The van der Waals surface area contributed by atoms with Crippen LogP contribution in [0.5, 0.6) is 0 Å². The number of hydrogen-bond donors (Lipinski definition) is 1. The molecule has 1 aliphatic rings. The second kappa shape index (κ2) is 4.00. The molecule has 0 fully saturated rings. The molecular weight excluding hydrogens is 252 g/mol. The van der Waals surface area contributed by atoms with Crippen molar-refractivity contribution < 1.29 is 13.9 Å². The van der Waals surface area contributed by atoms with Gasteiger partial charge in [-0.15, -0.1) is 0 Å². The Labute approximate surface area is 116 Å². The summed E-state index contributed by atoms with van der Waals surface area (Å²) < 4.78 is 11.4. The number of rotatable bonds is 1. The number of fused-ring (bicyclic) bond motifs is 2. The molecule has 0 aliphatic heterocycles. The van der Waals surface area contributed by atoms with Crippen molar-refractivity contribution >= 4 is 11.0 Å². The molecule has 3 aromatic rings. The van der Waals surface area contributed by atoms with Crippen molar-refractivity contribution in [2.75, 3.05) is 0 Å². The predicted molar refractivity (Wildman–Crippen MR) is 75.6 cm³/mol. The van der Waals surface area contributed by atoms with Crippen LogP contribution < -0.4 is 0 Å². The van der Waals surface area contributed by atoms with Crippen LogP contribution in [0.2, 0.25) is 0 Å². The Morgan fingerprint density at radius 2 is 2.10 bits per heavy atom. The van der Waals surface area contributed by atoms with Crippen LogP contribution in [-0.2, 0) is 12.0 Å². The molecule has 3 nitrogen and oxygen atoms in total. The smallest absolute Gasteiger partial charge is 0.150 e. The van der Waals surface area contributed by atoms with Crippen molar-refractivity contribution in [2.24, 2.45) is 0 Å². The van der Waals surface area contributed by atoms with Crippen LogP contribution >= 0.6 is 0 Å². The molecule has 2 aromatic heterocycles. The Morgan fingerprint density at radius 3 is 3.00 bits per heavy atom. The minimum absolute atomic E-state index is 0.612. The van der Waals surface area contributed by atoms with E-state index in [1.165, 1.54) is 5.56 Å². The first-order valence-electron chi connectivity index (χ1n) is 6.97. The highest BCUT2D eigenvalue weighted by molar-refractivity contribution is 5.79. The van der Waals surface area contributed by atoms with Crippen LogP contribution in [0.25, 0.3) is 11.0 Å². The van der Waals surface area contributed by atoms with Crippen molar-refractivity contribution in [3.63, 3.8) is 0 Å². The van der Waals surface area contributed by atoms with E-state index in [1.54, 1.807) is 6.26 Å². The van der Waals surface area contributed by atoms with E-state index in [0.29, 0.717) is 12.2 Å². The summed E-state index contributed by atoms with van der Waals surface area (Å²) in [5, 5.41) is 12.1. The number of furan rings is 2. The summed E-state index contributed by atoms with van der Waals surface area (Å²) in [6.45, 7) is 2.05. The Morgan fingerprint density at radius 1 is 1.20 bits per heavy atom. The minimum Gasteiger partial charge on any atom is -0.469 e. The van der Waals surface area contributed by atoms with Crippen molar-refractivity contribution in [3.8, 4) is 0 Å². The van der Waals surface area contributed by atoms with Gasteiger partial charge in [0.05, 0.1) is 6.26 Å². The highest BCUT2D eigenvalue weighted by atomic mass is 16.4. The summed E-state index contributed by atoms with van der Waals surface area (Å²) in [6, 6.07) is 9.85. The highest BCUT2D eigenvalue weighted by Crippen LogP contribution is 2.42. The normalized spacial score (nSPS) is 22.1. The maximum atomic E-state index is 11.1.